The number of carbonyl (C=O) groups excluding carboxylic acids is 1. The highest BCUT2D eigenvalue weighted by Gasteiger charge is 2.26. The minimum absolute atomic E-state index is 0.328. The zero-order valence-corrected chi connectivity index (χ0v) is 14.8. The molecule has 4 rings (SSSR count). The lowest BCUT2D eigenvalue weighted by Gasteiger charge is -2.17. The van der Waals surface area contributed by atoms with Crippen LogP contribution < -0.4 is 10.6 Å². The average molecular weight is 371 g/mol. The van der Waals surface area contributed by atoms with E-state index < -0.39 is 0 Å². The summed E-state index contributed by atoms with van der Waals surface area (Å²) in [6.45, 7) is 1.77. The van der Waals surface area contributed by atoms with Crippen molar-refractivity contribution in [1.82, 2.24) is 4.90 Å². The zero-order chi connectivity index (χ0) is 17.2. The number of urea groups is 1. The van der Waals surface area contributed by atoms with Crippen molar-refractivity contribution in [3.8, 4) is 0 Å². The molecular formula is C18H15ClN4OS. The van der Waals surface area contributed by atoms with Gasteiger partial charge in [0.05, 0.1) is 23.0 Å². The Bertz CT molecular complexity index is 879. The first-order chi connectivity index (χ1) is 12.2. The van der Waals surface area contributed by atoms with Crippen molar-refractivity contribution in [3.05, 3.63) is 64.5 Å². The van der Waals surface area contributed by atoms with Crippen LogP contribution in [0.25, 0.3) is 5.70 Å². The van der Waals surface area contributed by atoms with E-state index in [1.807, 2.05) is 36.4 Å². The van der Waals surface area contributed by atoms with Crippen LogP contribution in [-0.2, 0) is 0 Å². The predicted octanol–water partition coefficient (Wildman–Crippen LogP) is 4.70. The number of hydrogen-bond acceptors (Lipinski definition) is 4. The Hall–Kier alpha value is -2.44. The molecule has 2 N–H and O–H groups in total. The van der Waals surface area contributed by atoms with Gasteiger partial charge in [0.1, 0.15) is 0 Å². The number of thioether (sulfide) groups is 1. The van der Waals surface area contributed by atoms with Crippen LogP contribution in [0.5, 0.6) is 0 Å². The quantitative estimate of drug-likeness (QED) is 0.823. The summed E-state index contributed by atoms with van der Waals surface area (Å²) >= 11 is 7.70. The Morgan fingerprint density at radius 3 is 2.72 bits per heavy atom. The monoisotopic (exact) mass is 370 g/mol. The number of nitrogens with zero attached hydrogens (tertiary/aromatic N) is 2. The number of aliphatic imine (C=N–C) groups is 1. The van der Waals surface area contributed by atoms with E-state index in [0.29, 0.717) is 10.7 Å². The van der Waals surface area contributed by atoms with Gasteiger partial charge in [0.2, 0.25) is 0 Å². The second-order valence-electron chi connectivity index (χ2n) is 5.57. The minimum atomic E-state index is -0.328. The Morgan fingerprint density at radius 2 is 1.92 bits per heavy atom. The number of halogens is 1. The highest BCUT2D eigenvalue weighted by Crippen LogP contribution is 2.35. The summed E-state index contributed by atoms with van der Waals surface area (Å²) in [5.74, 6) is 0. The molecule has 0 aliphatic carbocycles. The molecule has 2 amide bonds. The van der Waals surface area contributed by atoms with Gasteiger partial charge in [-0.3, -0.25) is 4.99 Å². The third-order valence-corrected chi connectivity index (χ3v) is 5.16. The van der Waals surface area contributed by atoms with E-state index >= 15 is 0 Å². The van der Waals surface area contributed by atoms with Gasteiger partial charge in [-0.25, -0.2) is 4.79 Å². The van der Waals surface area contributed by atoms with Gasteiger partial charge in [0.15, 0.2) is 5.17 Å². The van der Waals surface area contributed by atoms with Gasteiger partial charge in [-0.15, -0.1) is 0 Å². The van der Waals surface area contributed by atoms with Crippen molar-refractivity contribution >= 4 is 51.6 Å². The average Bonchev–Trinajstić information content (AvgIpc) is 3.21. The summed E-state index contributed by atoms with van der Waals surface area (Å²) in [5.41, 5.74) is 3.56. The van der Waals surface area contributed by atoms with Crippen LogP contribution >= 0.6 is 23.4 Å². The fraction of sp³-hybridized carbons (Fsp3) is 0.111. The maximum Gasteiger partial charge on any atom is 0.323 e. The van der Waals surface area contributed by atoms with E-state index in [-0.39, 0.29) is 6.03 Å². The molecule has 126 valence electrons. The molecule has 2 aromatic carbocycles. The summed E-state index contributed by atoms with van der Waals surface area (Å²) in [7, 11) is 0. The molecule has 2 aliphatic heterocycles. The number of amides is 2. The summed E-state index contributed by atoms with van der Waals surface area (Å²) < 4.78 is 0. The largest absolute Gasteiger partial charge is 0.323 e. The SMILES string of the molecule is O=C(Nc1ccc(C2=CSC3=NCCN23)cc1)Nc1ccccc1Cl. The molecule has 0 fully saturated rings. The number of para-hydroxylation sites is 1. The van der Waals surface area contributed by atoms with E-state index in [9.17, 15) is 4.79 Å². The molecule has 0 saturated carbocycles. The van der Waals surface area contributed by atoms with Gasteiger partial charge in [-0.2, -0.15) is 0 Å². The van der Waals surface area contributed by atoms with E-state index in [1.54, 1.807) is 23.9 Å². The molecule has 0 radical (unpaired) electrons. The minimum Gasteiger partial charge on any atom is -0.318 e. The first-order valence-electron chi connectivity index (χ1n) is 7.82. The lowest BCUT2D eigenvalue weighted by molar-refractivity contribution is 0.262. The van der Waals surface area contributed by atoms with Gasteiger partial charge < -0.3 is 15.5 Å². The number of fused-ring (bicyclic) bond motifs is 1. The number of carbonyl (C=O) groups is 1. The van der Waals surface area contributed by atoms with Crippen molar-refractivity contribution in [2.75, 3.05) is 23.7 Å². The molecule has 0 bridgehead atoms. The number of anilines is 2. The number of amidine groups is 1. The normalized spacial score (nSPS) is 15.5. The predicted molar refractivity (Wildman–Crippen MR) is 105 cm³/mol. The first kappa shape index (κ1) is 16.1. The maximum absolute atomic E-state index is 12.1. The zero-order valence-electron chi connectivity index (χ0n) is 13.2. The van der Waals surface area contributed by atoms with Gasteiger partial charge in [-0.05, 0) is 29.8 Å². The molecule has 0 aromatic heterocycles. The van der Waals surface area contributed by atoms with Crippen molar-refractivity contribution in [2.24, 2.45) is 4.99 Å². The Kier molecular flexibility index (Phi) is 4.38. The van der Waals surface area contributed by atoms with E-state index in [4.69, 9.17) is 11.6 Å². The lowest BCUT2D eigenvalue weighted by atomic mass is 10.1. The molecule has 0 atom stereocenters. The molecule has 0 saturated heterocycles. The molecule has 7 heteroatoms. The Labute approximate surface area is 154 Å². The number of benzene rings is 2. The topological polar surface area (TPSA) is 56.7 Å². The van der Waals surface area contributed by atoms with Crippen LogP contribution in [0.2, 0.25) is 5.02 Å². The second kappa shape index (κ2) is 6.82. The summed E-state index contributed by atoms with van der Waals surface area (Å²) in [6, 6.07) is 14.6. The molecular weight excluding hydrogens is 356 g/mol. The van der Waals surface area contributed by atoms with Crippen molar-refractivity contribution in [2.45, 2.75) is 0 Å². The van der Waals surface area contributed by atoms with Crippen LogP contribution in [0.4, 0.5) is 16.2 Å². The number of hydrogen-bond donors (Lipinski definition) is 2. The highest BCUT2D eigenvalue weighted by atomic mass is 35.5. The van der Waals surface area contributed by atoms with Crippen LogP contribution in [0.15, 0.2) is 58.9 Å². The van der Waals surface area contributed by atoms with Gasteiger partial charge in [-0.1, -0.05) is 47.6 Å². The number of nitrogens with one attached hydrogen (secondary N) is 2. The van der Waals surface area contributed by atoms with Crippen molar-refractivity contribution in [1.29, 1.82) is 0 Å². The smallest absolute Gasteiger partial charge is 0.318 e. The van der Waals surface area contributed by atoms with Gasteiger partial charge >= 0.3 is 6.03 Å². The number of rotatable bonds is 3. The fourth-order valence-electron chi connectivity index (χ4n) is 2.72. The fourth-order valence-corrected chi connectivity index (χ4v) is 3.86. The third-order valence-electron chi connectivity index (χ3n) is 3.93. The van der Waals surface area contributed by atoms with Crippen LogP contribution in [0.1, 0.15) is 5.56 Å². The van der Waals surface area contributed by atoms with Gasteiger partial charge in [0, 0.05) is 17.6 Å². The molecule has 25 heavy (non-hydrogen) atoms. The molecule has 2 heterocycles. The molecule has 0 spiro atoms. The standard InChI is InChI=1S/C18H15ClN4OS/c19-14-3-1-2-4-15(14)22-17(24)21-13-7-5-12(6-8-13)16-11-25-18-20-9-10-23(16)18/h1-8,11H,9-10H2,(H2,21,22,24). The maximum atomic E-state index is 12.1. The third kappa shape index (κ3) is 3.36. The first-order valence-corrected chi connectivity index (χ1v) is 9.08. The highest BCUT2D eigenvalue weighted by molar-refractivity contribution is 8.16. The van der Waals surface area contributed by atoms with Crippen molar-refractivity contribution < 1.29 is 4.79 Å². The second-order valence-corrected chi connectivity index (χ2v) is 6.82. The summed E-state index contributed by atoms with van der Waals surface area (Å²) in [4.78, 5) is 18.8. The summed E-state index contributed by atoms with van der Waals surface area (Å²) in [5, 5.41) is 9.23. The van der Waals surface area contributed by atoms with Gasteiger partial charge in [0.25, 0.3) is 0 Å². The van der Waals surface area contributed by atoms with Crippen LogP contribution in [-0.4, -0.2) is 29.2 Å². The van der Waals surface area contributed by atoms with E-state index in [1.165, 1.54) is 0 Å². The van der Waals surface area contributed by atoms with Crippen molar-refractivity contribution in [3.63, 3.8) is 0 Å². The van der Waals surface area contributed by atoms with E-state index in [2.05, 4.69) is 25.9 Å². The Balaban J connectivity index is 1.42. The summed E-state index contributed by atoms with van der Waals surface area (Å²) in [6.07, 6.45) is 0. The molecule has 0 unspecified atom stereocenters. The lowest BCUT2D eigenvalue weighted by Crippen LogP contribution is -2.20. The Morgan fingerprint density at radius 1 is 1.12 bits per heavy atom. The van der Waals surface area contributed by atoms with Crippen LogP contribution in [0.3, 0.4) is 0 Å². The molecule has 2 aliphatic rings. The molecule has 2 aromatic rings. The molecule has 5 nitrogen and oxygen atoms in total. The van der Waals surface area contributed by atoms with Crippen LogP contribution in [0, 0.1) is 0 Å². The van der Waals surface area contributed by atoms with E-state index in [0.717, 1.165) is 35.2 Å².